The number of Topliss-reactive ketones (excluding diaryl/α,β-unsaturated/α-hetero) is 1. The van der Waals surface area contributed by atoms with Crippen molar-refractivity contribution >= 4 is 23.6 Å². The van der Waals surface area contributed by atoms with Gasteiger partial charge < -0.3 is 19.5 Å². The molecule has 0 unspecified atom stereocenters. The highest BCUT2D eigenvalue weighted by Gasteiger charge is 2.47. The van der Waals surface area contributed by atoms with Gasteiger partial charge in [-0.05, 0) is 82.9 Å². The second-order valence-electron chi connectivity index (χ2n) is 13.5. The summed E-state index contributed by atoms with van der Waals surface area (Å²) in [5, 5.41) is 11.0. The smallest absolute Gasteiger partial charge is 0.482 e. The lowest BCUT2D eigenvalue weighted by Gasteiger charge is -2.26. The number of rotatable bonds is 9. The van der Waals surface area contributed by atoms with Crippen molar-refractivity contribution in [3.8, 4) is 5.75 Å². The Morgan fingerprint density at radius 1 is 0.854 bits per heavy atom. The van der Waals surface area contributed by atoms with Crippen molar-refractivity contribution in [2.75, 3.05) is 4.90 Å². The highest BCUT2D eigenvalue weighted by Crippen LogP contribution is 2.44. The van der Waals surface area contributed by atoms with E-state index in [2.05, 4.69) is 20.3 Å². The van der Waals surface area contributed by atoms with Gasteiger partial charge in [-0.1, -0.05) is 50.2 Å². The van der Waals surface area contributed by atoms with Crippen molar-refractivity contribution < 1.29 is 41.8 Å². The number of carbonyl (C=O) groups is 3. The molecule has 2 heterocycles. The number of ketones is 1. The molecule has 0 spiro atoms. The molecule has 1 aliphatic heterocycles. The van der Waals surface area contributed by atoms with Crippen LogP contribution in [0, 0.1) is 0 Å². The standard InChI is InChI=1S/C35H39F3N4O6/c1-20(2)21-9-11-23(12-10-21)29(43)27-28(22-13-16-25(17-14-22)46-35(36,37)38)42(31(44)30(27)47-33(3,4)5)26-18-15-24(40-41-26)19-39-32(45)48-34(6,7)8/h9-18,20,28H,19H2,1-8H3,(H,39,45)/t28-/m0/s1. The van der Waals surface area contributed by atoms with Crippen molar-refractivity contribution in [2.45, 2.75) is 91.5 Å². The van der Waals surface area contributed by atoms with Gasteiger partial charge in [0.2, 0.25) is 0 Å². The Hall–Kier alpha value is -4.94. The highest BCUT2D eigenvalue weighted by molar-refractivity contribution is 6.21. The number of nitrogens with zero attached hydrogens (tertiary/aromatic N) is 3. The normalized spacial score (nSPS) is 15.5. The maximum atomic E-state index is 14.3. The molecule has 1 atom stereocenters. The van der Waals surface area contributed by atoms with E-state index in [4.69, 9.17) is 9.47 Å². The maximum absolute atomic E-state index is 14.3. The molecule has 0 bridgehead atoms. The van der Waals surface area contributed by atoms with E-state index in [1.165, 1.54) is 23.1 Å². The molecule has 0 radical (unpaired) electrons. The molecule has 2 aromatic carbocycles. The lowest BCUT2D eigenvalue weighted by Crippen LogP contribution is -2.33. The van der Waals surface area contributed by atoms with Crippen molar-refractivity contribution in [3.63, 3.8) is 0 Å². The zero-order valence-corrected chi connectivity index (χ0v) is 28.1. The number of amides is 2. The Labute approximate surface area is 277 Å². The van der Waals surface area contributed by atoms with Crippen LogP contribution in [0.4, 0.5) is 23.8 Å². The molecule has 1 aromatic heterocycles. The molecular formula is C35H39F3N4O6. The third kappa shape index (κ3) is 9.11. The summed E-state index contributed by atoms with van der Waals surface area (Å²) in [4.78, 5) is 41.9. The van der Waals surface area contributed by atoms with E-state index in [0.717, 1.165) is 17.7 Å². The highest BCUT2D eigenvalue weighted by atomic mass is 19.4. The zero-order valence-electron chi connectivity index (χ0n) is 28.1. The summed E-state index contributed by atoms with van der Waals surface area (Å²) >= 11 is 0. The molecule has 10 nitrogen and oxygen atoms in total. The summed E-state index contributed by atoms with van der Waals surface area (Å²) in [6, 6.07) is 13.7. The van der Waals surface area contributed by atoms with Gasteiger partial charge in [-0.2, -0.15) is 5.10 Å². The number of benzene rings is 2. The van der Waals surface area contributed by atoms with E-state index in [9.17, 15) is 27.6 Å². The third-order valence-corrected chi connectivity index (χ3v) is 6.88. The van der Waals surface area contributed by atoms with E-state index in [-0.39, 0.29) is 35.2 Å². The summed E-state index contributed by atoms with van der Waals surface area (Å²) in [5.74, 6) is -1.65. The fourth-order valence-electron chi connectivity index (χ4n) is 4.86. The number of hydrogen-bond donors (Lipinski definition) is 1. The van der Waals surface area contributed by atoms with Gasteiger partial charge in [0, 0.05) is 5.56 Å². The average Bonchev–Trinajstić information content (AvgIpc) is 3.25. The van der Waals surface area contributed by atoms with E-state index in [1.54, 1.807) is 59.7 Å². The number of aromatic nitrogens is 2. The molecule has 256 valence electrons. The number of carbonyl (C=O) groups excluding carboxylic acids is 3. The number of alkyl carbamates (subject to hydrolysis) is 1. The maximum Gasteiger partial charge on any atom is 0.573 e. The number of hydrogen-bond acceptors (Lipinski definition) is 8. The molecule has 4 rings (SSSR count). The lowest BCUT2D eigenvalue weighted by atomic mass is 9.91. The molecule has 0 saturated heterocycles. The largest absolute Gasteiger partial charge is 0.573 e. The van der Waals surface area contributed by atoms with Crippen LogP contribution in [0.2, 0.25) is 0 Å². The number of halogens is 3. The Morgan fingerprint density at radius 3 is 1.98 bits per heavy atom. The molecule has 2 amide bonds. The van der Waals surface area contributed by atoms with Crippen molar-refractivity contribution in [1.29, 1.82) is 0 Å². The Morgan fingerprint density at radius 2 is 1.48 bits per heavy atom. The van der Waals surface area contributed by atoms with Gasteiger partial charge in [0.05, 0.1) is 23.9 Å². The molecule has 13 heteroatoms. The van der Waals surface area contributed by atoms with Gasteiger partial charge in [0.25, 0.3) is 5.91 Å². The molecule has 3 aromatic rings. The van der Waals surface area contributed by atoms with E-state index >= 15 is 0 Å². The van der Waals surface area contributed by atoms with Crippen LogP contribution >= 0.6 is 0 Å². The van der Waals surface area contributed by atoms with Crippen LogP contribution in [-0.2, 0) is 20.8 Å². The minimum Gasteiger partial charge on any atom is -0.482 e. The summed E-state index contributed by atoms with van der Waals surface area (Å²) < 4.78 is 54.2. The molecule has 0 saturated carbocycles. The van der Waals surface area contributed by atoms with Crippen molar-refractivity contribution in [2.24, 2.45) is 0 Å². The fourth-order valence-corrected chi connectivity index (χ4v) is 4.86. The summed E-state index contributed by atoms with van der Waals surface area (Å²) in [7, 11) is 0. The van der Waals surface area contributed by atoms with E-state index < -0.39 is 47.1 Å². The quantitative estimate of drug-likeness (QED) is 0.232. The number of nitrogens with one attached hydrogen (secondary N) is 1. The minimum absolute atomic E-state index is 0.0193. The molecule has 1 N–H and O–H groups in total. The van der Waals surface area contributed by atoms with Crippen LogP contribution in [0.1, 0.15) is 94.5 Å². The summed E-state index contributed by atoms with van der Waals surface area (Å²) in [5.41, 5.74) is 0.306. The van der Waals surface area contributed by atoms with E-state index in [0.29, 0.717) is 11.3 Å². The SMILES string of the molecule is CC(C)c1ccc(C(=O)C2=C(OC(C)(C)C)C(=O)N(c3ccc(CNC(=O)OC(C)(C)C)nn3)[C@H]2c2ccc(OC(F)(F)F)cc2)cc1. The first-order valence-corrected chi connectivity index (χ1v) is 15.3. The molecule has 48 heavy (non-hydrogen) atoms. The lowest BCUT2D eigenvalue weighted by molar-refractivity contribution is -0.274. The topological polar surface area (TPSA) is 120 Å². The number of alkyl halides is 3. The third-order valence-electron chi connectivity index (χ3n) is 6.88. The number of ether oxygens (including phenoxy) is 3. The van der Waals surface area contributed by atoms with Gasteiger partial charge in [-0.25, -0.2) is 4.79 Å². The zero-order chi connectivity index (χ0) is 35.6. The Kier molecular flexibility index (Phi) is 10.2. The van der Waals surface area contributed by atoms with Crippen LogP contribution in [0.3, 0.4) is 0 Å². The second-order valence-corrected chi connectivity index (χ2v) is 13.5. The first kappa shape index (κ1) is 35.9. The van der Waals surface area contributed by atoms with Gasteiger partial charge in [0.1, 0.15) is 17.0 Å². The first-order chi connectivity index (χ1) is 22.2. The van der Waals surface area contributed by atoms with Crippen LogP contribution < -0.4 is 15.0 Å². The fraction of sp³-hybridized carbons (Fsp3) is 0.400. The van der Waals surface area contributed by atoms with Crippen LogP contribution in [-0.4, -0.2) is 45.5 Å². The molecule has 1 aliphatic rings. The molecular weight excluding hydrogens is 629 g/mol. The predicted octanol–water partition coefficient (Wildman–Crippen LogP) is 7.56. The molecule has 0 fully saturated rings. The summed E-state index contributed by atoms with van der Waals surface area (Å²) in [6.07, 6.45) is -5.57. The van der Waals surface area contributed by atoms with Gasteiger partial charge in [0.15, 0.2) is 17.4 Å². The van der Waals surface area contributed by atoms with Crippen LogP contribution in [0.15, 0.2) is 72.0 Å². The van der Waals surface area contributed by atoms with Gasteiger partial charge >= 0.3 is 12.5 Å². The van der Waals surface area contributed by atoms with Crippen molar-refractivity contribution in [1.82, 2.24) is 15.5 Å². The molecule has 0 aliphatic carbocycles. The van der Waals surface area contributed by atoms with Gasteiger partial charge in [-0.3, -0.25) is 14.5 Å². The van der Waals surface area contributed by atoms with Crippen molar-refractivity contribution in [3.05, 3.63) is 94.4 Å². The number of anilines is 1. The van der Waals surface area contributed by atoms with Gasteiger partial charge in [-0.15, -0.1) is 18.3 Å². The van der Waals surface area contributed by atoms with Crippen LogP contribution in [0.5, 0.6) is 5.75 Å². The monoisotopic (exact) mass is 668 g/mol. The second kappa shape index (κ2) is 13.7. The van der Waals surface area contributed by atoms with Crippen LogP contribution in [0.25, 0.3) is 0 Å². The summed E-state index contributed by atoms with van der Waals surface area (Å²) in [6.45, 7) is 14.4. The minimum atomic E-state index is -4.91. The Bertz CT molecular complexity index is 1670. The van der Waals surface area contributed by atoms with E-state index in [1.807, 2.05) is 26.0 Å². The Balaban J connectivity index is 1.79. The average molecular weight is 669 g/mol. The first-order valence-electron chi connectivity index (χ1n) is 15.3. The predicted molar refractivity (Wildman–Crippen MR) is 171 cm³/mol.